The number of rotatable bonds is 1. The number of carbonyl (C=O) groups is 1. The van der Waals surface area contributed by atoms with Crippen LogP contribution in [0.15, 0.2) is 6.20 Å². The largest absolute Gasteiger partial charge is 0.340 e. The minimum Gasteiger partial charge on any atom is -0.340 e. The Bertz CT molecular complexity index is 589. The Morgan fingerprint density at radius 1 is 1.38 bits per heavy atom. The van der Waals surface area contributed by atoms with Crippen molar-refractivity contribution in [3.05, 3.63) is 16.8 Å². The number of fused-ring (bicyclic) bond motifs is 3. The van der Waals surface area contributed by atoms with Gasteiger partial charge in [-0.15, -0.1) is 0 Å². The highest BCUT2D eigenvalue weighted by molar-refractivity contribution is 6.32. The summed E-state index contributed by atoms with van der Waals surface area (Å²) in [5.41, 5.74) is 1.77. The summed E-state index contributed by atoms with van der Waals surface area (Å²) in [5.74, 6) is 1.01. The van der Waals surface area contributed by atoms with Crippen molar-refractivity contribution in [2.24, 2.45) is 0 Å². The van der Waals surface area contributed by atoms with Crippen molar-refractivity contribution in [2.75, 3.05) is 36.5 Å². The Hall–Kier alpha value is -1.33. The van der Waals surface area contributed by atoms with Crippen molar-refractivity contribution in [1.29, 1.82) is 0 Å². The van der Waals surface area contributed by atoms with E-state index in [0.29, 0.717) is 11.1 Å². The summed E-state index contributed by atoms with van der Waals surface area (Å²) < 4.78 is 0. The Labute approximate surface area is 130 Å². The molecule has 21 heavy (non-hydrogen) atoms. The predicted octanol–water partition coefficient (Wildman–Crippen LogP) is 1.92. The van der Waals surface area contributed by atoms with Gasteiger partial charge in [0, 0.05) is 38.9 Å². The van der Waals surface area contributed by atoms with Gasteiger partial charge in [-0.2, -0.15) is 0 Å². The number of likely N-dealkylation sites (N-methyl/N-ethyl adjacent to an activating group) is 1. The molecule has 1 unspecified atom stereocenters. The first-order valence-corrected chi connectivity index (χ1v) is 7.73. The fraction of sp³-hybridized carbons (Fsp3) is 0.600. The molecule has 0 bridgehead atoms. The maximum Gasteiger partial charge on any atom is 0.250 e. The Kier molecular flexibility index (Phi) is 3.58. The molecule has 2 aliphatic rings. The number of pyridine rings is 1. The quantitative estimate of drug-likeness (QED) is 0.794. The molecule has 1 aromatic heterocycles. The van der Waals surface area contributed by atoms with Crippen LogP contribution in [0.25, 0.3) is 0 Å². The maximum atomic E-state index is 12.7. The molecule has 0 radical (unpaired) electrons. The molecule has 3 rings (SSSR count). The molecule has 114 valence electrons. The lowest BCUT2D eigenvalue weighted by Crippen LogP contribution is -2.63. The van der Waals surface area contributed by atoms with E-state index in [-0.39, 0.29) is 11.9 Å². The van der Waals surface area contributed by atoms with Crippen LogP contribution in [0.1, 0.15) is 19.4 Å². The van der Waals surface area contributed by atoms with Crippen LogP contribution in [0.2, 0.25) is 5.02 Å². The topological polar surface area (TPSA) is 39.7 Å². The third-order valence-electron chi connectivity index (χ3n) is 4.59. The number of anilines is 2. The molecule has 2 aliphatic heterocycles. The minimum absolute atomic E-state index is 0.125. The fourth-order valence-electron chi connectivity index (χ4n) is 3.24. The summed E-state index contributed by atoms with van der Waals surface area (Å²) in [4.78, 5) is 23.4. The summed E-state index contributed by atoms with van der Waals surface area (Å²) in [6, 6.07) is 0.304. The van der Waals surface area contributed by atoms with Gasteiger partial charge in [-0.1, -0.05) is 11.6 Å². The lowest BCUT2D eigenvalue weighted by atomic mass is 10.0. The average molecular weight is 309 g/mol. The normalized spacial score (nSPS) is 22.6. The van der Waals surface area contributed by atoms with Crippen molar-refractivity contribution in [3.8, 4) is 0 Å². The van der Waals surface area contributed by atoms with Crippen molar-refractivity contribution < 1.29 is 4.79 Å². The molecule has 1 amide bonds. The molecule has 1 atom stereocenters. The average Bonchev–Trinajstić information content (AvgIpc) is 2.47. The maximum absolute atomic E-state index is 12.7. The lowest BCUT2D eigenvalue weighted by Gasteiger charge is -2.47. The van der Waals surface area contributed by atoms with Gasteiger partial charge in [0.25, 0.3) is 5.91 Å². The molecule has 0 aliphatic carbocycles. The molecule has 0 spiro atoms. The summed E-state index contributed by atoms with van der Waals surface area (Å²) in [6.45, 7) is 8.81. The molecule has 0 N–H and O–H groups in total. The van der Waals surface area contributed by atoms with Crippen LogP contribution >= 0.6 is 11.6 Å². The summed E-state index contributed by atoms with van der Waals surface area (Å²) in [7, 11) is 1.82. The zero-order valence-electron chi connectivity index (χ0n) is 12.9. The molecule has 0 saturated carbocycles. The summed E-state index contributed by atoms with van der Waals surface area (Å²) in [5, 5.41) is 0.604. The van der Waals surface area contributed by atoms with E-state index in [1.807, 2.05) is 14.0 Å². The van der Waals surface area contributed by atoms with E-state index in [9.17, 15) is 4.79 Å². The van der Waals surface area contributed by atoms with Crippen molar-refractivity contribution in [3.63, 3.8) is 0 Å². The first-order chi connectivity index (χ1) is 9.91. The van der Waals surface area contributed by atoms with Gasteiger partial charge >= 0.3 is 0 Å². The van der Waals surface area contributed by atoms with E-state index >= 15 is 0 Å². The van der Waals surface area contributed by atoms with Crippen molar-refractivity contribution in [2.45, 2.75) is 32.9 Å². The van der Waals surface area contributed by atoms with Crippen LogP contribution in [-0.2, 0) is 4.79 Å². The number of nitrogens with zero attached hydrogens (tertiary/aromatic N) is 4. The Morgan fingerprint density at radius 2 is 2.10 bits per heavy atom. The van der Waals surface area contributed by atoms with Gasteiger partial charge in [0.2, 0.25) is 0 Å². The van der Waals surface area contributed by atoms with Crippen molar-refractivity contribution in [1.82, 2.24) is 9.88 Å². The third kappa shape index (κ3) is 2.19. The third-order valence-corrected chi connectivity index (χ3v) is 4.97. The van der Waals surface area contributed by atoms with Gasteiger partial charge in [0.15, 0.2) is 5.82 Å². The molecule has 1 aromatic rings. The molecule has 6 heteroatoms. The highest BCUT2D eigenvalue weighted by atomic mass is 35.5. The van der Waals surface area contributed by atoms with Gasteiger partial charge in [0.05, 0.1) is 10.7 Å². The number of hydrogen-bond acceptors (Lipinski definition) is 4. The predicted molar refractivity (Wildman–Crippen MR) is 85.2 cm³/mol. The van der Waals surface area contributed by atoms with Gasteiger partial charge in [-0.3, -0.25) is 9.69 Å². The number of halogens is 1. The highest BCUT2D eigenvalue weighted by Gasteiger charge is 2.42. The number of amides is 1. The zero-order chi connectivity index (χ0) is 15.3. The molecule has 5 nitrogen and oxygen atoms in total. The summed E-state index contributed by atoms with van der Waals surface area (Å²) in [6.07, 6.45) is 1.69. The van der Waals surface area contributed by atoms with Gasteiger partial charge < -0.3 is 9.80 Å². The van der Waals surface area contributed by atoms with E-state index < -0.39 is 0 Å². The van der Waals surface area contributed by atoms with Crippen LogP contribution in [0.5, 0.6) is 0 Å². The van der Waals surface area contributed by atoms with Gasteiger partial charge in [-0.05, 0) is 26.3 Å². The number of piperazine rings is 1. The minimum atomic E-state index is -0.147. The van der Waals surface area contributed by atoms with Gasteiger partial charge in [-0.25, -0.2) is 4.98 Å². The van der Waals surface area contributed by atoms with E-state index in [0.717, 1.165) is 36.7 Å². The first kappa shape index (κ1) is 14.6. The van der Waals surface area contributed by atoms with Crippen LogP contribution in [0, 0.1) is 6.92 Å². The monoisotopic (exact) mass is 308 g/mol. The molecule has 0 aromatic carbocycles. The Morgan fingerprint density at radius 3 is 2.76 bits per heavy atom. The standard InChI is InChI=1S/C15H21ClN4O/c1-9(2)19-5-6-20-12(8-19)15(21)18(4)13-10(3)11(16)7-17-14(13)20/h7,9,12H,5-6,8H2,1-4H3. The second-order valence-electron chi connectivity index (χ2n) is 6.10. The molecular weight excluding hydrogens is 288 g/mol. The zero-order valence-corrected chi connectivity index (χ0v) is 13.7. The van der Waals surface area contributed by atoms with E-state index in [1.54, 1.807) is 11.1 Å². The SMILES string of the molecule is Cc1c(Cl)cnc2c1N(C)C(=O)C1CN(C(C)C)CCN21. The highest BCUT2D eigenvalue weighted by Crippen LogP contribution is 2.39. The second-order valence-corrected chi connectivity index (χ2v) is 6.51. The van der Waals surface area contributed by atoms with Crippen LogP contribution in [0.4, 0.5) is 11.5 Å². The molecule has 3 heterocycles. The summed E-state index contributed by atoms with van der Waals surface area (Å²) >= 11 is 6.17. The van der Waals surface area contributed by atoms with Crippen LogP contribution in [-0.4, -0.2) is 54.6 Å². The fourth-order valence-corrected chi connectivity index (χ4v) is 3.38. The van der Waals surface area contributed by atoms with E-state index in [1.165, 1.54) is 0 Å². The molecule has 1 saturated heterocycles. The first-order valence-electron chi connectivity index (χ1n) is 7.35. The molecular formula is C15H21ClN4O. The van der Waals surface area contributed by atoms with E-state index in [2.05, 4.69) is 28.6 Å². The second kappa shape index (κ2) is 5.14. The lowest BCUT2D eigenvalue weighted by molar-refractivity contribution is -0.121. The van der Waals surface area contributed by atoms with Gasteiger partial charge in [0.1, 0.15) is 6.04 Å². The Balaban J connectivity index is 2.04. The van der Waals surface area contributed by atoms with E-state index in [4.69, 9.17) is 11.6 Å². The number of hydrogen-bond donors (Lipinski definition) is 0. The smallest absolute Gasteiger partial charge is 0.250 e. The number of carbonyl (C=O) groups excluding carboxylic acids is 1. The number of aromatic nitrogens is 1. The molecule has 1 fully saturated rings. The van der Waals surface area contributed by atoms with Crippen LogP contribution < -0.4 is 9.80 Å². The van der Waals surface area contributed by atoms with Crippen molar-refractivity contribution >= 4 is 29.0 Å². The van der Waals surface area contributed by atoms with Crippen LogP contribution in [0.3, 0.4) is 0 Å².